The van der Waals surface area contributed by atoms with Gasteiger partial charge in [0, 0.05) is 0 Å². The molecule has 1 saturated carbocycles. The summed E-state index contributed by atoms with van der Waals surface area (Å²) in [4.78, 5) is 34.2. The van der Waals surface area contributed by atoms with Crippen LogP contribution in [-0.4, -0.2) is 35.6 Å². The molecule has 0 spiro atoms. The number of ether oxygens (including phenoxy) is 1. The van der Waals surface area contributed by atoms with Crippen LogP contribution in [0.25, 0.3) is 0 Å². The number of hydrogen-bond acceptors (Lipinski definition) is 4. The molecule has 102 valence electrons. The number of esters is 1. The van der Waals surface area contributed by atoms with Crippen molar-refractivity contribution < 1.29 is 24.2 Å². The first-order valence-corrected chi connectivity index (χ1v) is 5.93. The molecule has 0 aromatic rings. The van der Waals surface area contributed by atoms with Gasteiger partial charge in [-0.2, -0.15) is 0 Å². The summed E-state index contributed by atoms with van der Waals surface area (Å²) in [5, 5.41) is 11.5. The molecule has 1 aliphatic carbocycles. The number of nitrogens with one attached hydrogen (secondary N) is 1. The SMILES string of the molecule is CCOC(=O)C(C)NC(=O)[C@H]1[C@@H](C(=O)O)C1(C)C. The zero-order valence-electron chi connectivity index (χ0n) is 11.0. The van der Waals surface area contributed by atoms with Crippen molar-refractivity contribution in [1.82, 2.24) is 5.32 Å². The van der Waals surface area contributed by atoms with Crippen LogP contribution in [-0.2, 0) is 19.1 Å². The fraction of sp³-hybridized carbons (Fsp3) is 0.750. The maximum atomic E-state index is 11.9. The second-order valence-electron chi connectivity index (χ2n) is 5.10. The van der Waals surface area contributed by atoms with Crippen LogP contribution in [0.5, 0.6) is 0 Å². The summed E-state index contributed by atoms with van der Waals surface area (Å²) in [6, 6.07) is -0.761. The van der Waals surface area contributed by atoms with Crippen LogP contribution in [0.1, 0.15) is 27.7 Å². The molecule has 0 aromatic heterocycles. The lowest BCUT2D eigenvalue weighted by atomic mass is 10.1. The van der Waals surface area contributed by atoms with E-state index >= 15 is 0 Å². The molecule has 0 aliphatic heterocycles. The van der Waals surface area contributed by atoms with E-state index in [0.717, 1.165) is 0 Å². The number of carboxylic acid groups (broad SMARTS) is 1. The molecule has 3 atom stereocenters. The van der Waals surface area contributed by atoms with Gasteiger partial charge in [-0.15, -0.1) is 0 Å². The molecule has 0 aromatic carbocycles. The minimum Gasteiger partial charge on any atom is -0.481 e. The van der Waals surface area contributed by atoms with Crippen LogP contribution in [0.15, 0.2) is 0 Å². The van der Waals surface area contributed by atoms with Crippen molar-refractivity contribution in [1.29, 1.82) is 0 Å². The van der Waals surface area contributed by atoms with E-state index in [-0.39, 0.29) is 6.61 Å². The molecule has 1 fully saturated rings. The molecule has 18 heavy (non-hydrogen) atoms. The maximum Gasteiger partial charge on any atom is 0.328 e. The Kier molecular flexibility index (Phi) is 3.98. The standard InChI is InChI=1S/C12H19NO5/c1-5-18-11(17)6(2)13-9(14)7-8(10(15)16)12(7,3)4/h6-8H,5H2,1-4H3,(H,13,14)(H,15,16)/t6?,7-,8+/m1/s1. The second-order valence-corrected chi connectivity index (χ2v) is 5.10. The molecule has 0 heterocycles. The summed E-state index contributed by atoms with van der Waals surface area (Å²) in [5.74, 6) is -3.19. The third kappa shape index (κ3) is 2.63. The maximum absolute atomic E-state index is 11.9. The molecular weight excluding hydrogens is 238 g/mol. The van der Waals surface area contributed by atoms with Gasteiger partial charge in [0.15, 0.2) is 0 Å². The first kappa shape index (κ1) is 14.5. The molecule has 0 saturated heterocycles. The van der Waals surface area contributed by atoms with Gasteiger partial charge in [0.25, 0.3) is 0 Å². The van der Waals surface area contributed by atoms with Crippen LogP contribution in [0.3, 0.4) is 0 Å². The Hall–Kier alpha value is -1.59. The minimum atomic E-state index is -0.982. The fourth-order valence-corrected chi connectivity index (χ4v) is 2.22. The largest absolute Gasteiger partial charge is 0.481 e. The highest BCUT2D eigenvalue weighted by atomic mass is 16.5. The molecule has 1 aliphatic rings. The summed E-state index contributed by atoms with van der Waals surface area (Å²) >= 11 is 0. The number of carbonyl (C=O) groups is 3. The van der Waals surface area contributed by atoms with Gasteiger partial charge in [-0.1, -0.05) is 13.8 Å². The van der Waals surface area contributed by atoms with Crippen LogP contribution in [0.4, 0.5) is 0 Å². The van der Waals surface area contributed by atoms with Crippen molar-refractivity contribution in [3.8, 4) is 0 Å². The summed E-state index contributed by atoms with van der Waals surface area (Å²) in [6.07, 6.45) is 0. The van der Waals surface area contributed by atoms with E-state index in [4.69, 9.17) is 9.84 Å². The Bertz CT molecular complexity index is 377. The molecule has 0 bridgehead atoms. The van der Waals surface area contributed by atoms with Gasteiger partial charge in [0.1, 0.15) is 6.04 Å². The van der Waals surface area contributed by atoms with Crippen LogP contribution in [0, 0.1) is 17.3 Å². The number of amides is 1. The Morgan fingerprint density at radius 2 is 1.89 bits per heavy atom. The van der Waals surface area contributed by atoms with E-state index in [1.807, 2.05) is 0 Å². The van der Waals surface area contributed by atoms with Crippen molar-refractivity contribution >= 4 is 17.8 Å². The molecule has 2 N–H and O–H groups in total. The van der Waals surface area contributed by atoms with Crippen LogP contribution >= 0.6 is 0 Å². The number of rotatable bonds is 5. The van der Waals surface area contributed by atoms with Crippen molar-refractivity contribution in [2.75, 3.05) is 6.61 Å². The van der Waals surface area contributed by atoms with E-state index in [9.17, 15) is 14.4 Å². The zero-order valence-corrected chi connectivity index (χ0v) is 11.0. The number of aliphatic carboxylic acids is 1. The molecule has 1 unspecified atom stereocenters. The molecule has 1 amide bonds. The van der Waals surface area contributed by atoms with Gasteiger partial charge < -0.3 is 15.2 Å². The van der Waals surface area contributed by atoms with E-state index in [2.05, 4.69) is 5.32 Å². The van der Waals surface area contributed by atoms with Gasteiger partial charge >= 0.3 is 11.9 Å². The number of carboxylic acids is 1. The van der Waals surface area contributed by atoms with Gasteiger partial charge in [-0.3, -0.25) is 9.59 Å². The highest BCUT2D eigenvalue weighted by molar-refractivity contribution is 5.93. The summed E-state index contributed by atoms with van der Waals surface area (Å²) in [7, 11) is 0. The highest BCUT2D eigenvalue weighted by Crippen LogP contribution is 2.58. The van der Waals surface area contributed by atoms with Crippen molar-refractivity contribution in [2.45, 2.75) is 33.7 Å². The number of carbonyl (C=O) groups excluding carboxylic acids is 2. The lowest BCUT2D eigenvalue weighted by molar-refractivity contribution is -0.147. The van der Waals surface area contributed by atoms with Crippen molar-refractivity contribution in [3.05, 3.63) is 0 Å². The zero-order chi connectivity index (χ0) is 14.1. The molecule has 6 heteroatoms. The summed E-state index contributed by atoms with van der Waals surface area (Å²) in [6.45, 7) is 6.89. The third-order valence-corrected chi connectivity index (χ3v) is 3.37. The van der Waals surface area contributed by atoms with E-state index < -0.39 is 41.1 Å². The van der Waals surface area contributed by atoms with Gasteiger partial charge in [-0.05, 0) is 19.3 Å². The van der Waals surface area contributed by atoms with Gasteiger partial charge in [0.05, 0.1) is 18.4 Å². The Balaban J connectivity index is 2.58. The molecule has 6 nitrogen and oxygen atoms in total. The summed E-state index contributed by atoms with van der Waals surface area (Å²) in [5.41, 5.74) is -0.565. The quantitative estimate of drug-likeness (QED) is 0.696. The van der Waals surface area contributed by atoms with E-state index in [0.29, 0.717) is 0 Å². The smallest absolute Gasteiger partial charge is 0.328 e. The average Bonchev–Trinajstić information content (AvgIpc) is 2.82. The van der Waals surface area contributed by atoms with Gasteiger partial charge in [-0.25, -0.2) is 4.79 Å². The second kappa shape index (κ2) is 4.96. The van der Waals surface area contributed by atoms with E-state index in [1.165, 1.54) is 6.92 Å². The monoisotopic (exact) mass is 257 g/mol. The predicted octanol–water partition coefficient (Wildman–Crippen LogP) is 0.411. The Morgan fingerprint density at radius 3 is 2.28 bits per heavy atom. The average molecular weight is 257 g/mol. The topological polar surface area (TPSA) is 92.7 Å². The van der Waals surface area contributed by atoms with Crippen LogP contribution < -0.4 is 5.32 Å². The third-order valence-electron chi connectivity index (χ3n) is 3.37. The highest BCUT2D eigenvalue weighted by Gasteiger charge is 2.66. The minimum absolute atomic E-state index is 0.242. The lowest BCUT2D eigenvalue weighted by Gasteiger charge is -2.12. The number of hydrogen-bond donors (Lipinski definition) is 2. The molecule has 0 radical (unpaired) electrons. The Morgan fingerprint density at radius 1 is 1.33 bits per heavy atom. The van der Waals surface area contributed by atoms with Crippen LogP contribution in [0.2, 0.25) is 0 Å². The fourth-order valence-electron chi connectivity index (χ4n) is 2.22. The van der Waals surface area contributed by atoms with Crippen molar-refractivity contribution in [3.63, 3.8) is 0 Å². The normalized spacial score (nSPS) is 26.0. The van der Waals surface area contributed by atoms with Crippen molar-refractivity contribution in [2.24, 2.45) is 17.3 Å². The first-order chi connectivity index (χ1) is 8.23. The van der Waals surface area contributed by atoms with E-state index in [1.54, 1.807) is 20.8 Å². The summed E-state index contributed by atoms with van der Waals surface area (Å²) < 4.78 is 4.76. The Labute approximate surface area is 106 Å². The molecular formula is C12H19NO5. The molecule has 1 rings (SSSR count). The lowest BCUT2D eigenvalue weighted by Crippen LogP contribution is -2.41. The predicted molar refractivity (Wildman–Crippen MR) is 62.6 cm³/mol. The van der Waals surface area contributed by atoms with Gasteiger partial charge in [0.2, 0.25) is 5.91 Å². The first-order valence-electron chi connectivity index (χ1n) is 5.93.